The Kier molecular flexibility index (Phi) is 2.65. The summed E-state index contributed by atoms with van der Waals surface area (Å²) in [5.41, 5.74) is 6.46. The maximum Gasteiger partial charge on any atom is 0.309 e. The van der Waals surface area contributed by atoms with Crippen LogP contribution in [0, 0.1) is 0 Å². The molecule has 64 valence electrons. The molecule has 1 aromatic rings. The molecule has 0 aromatic carbocycles. The number of carboxylic acids is 1. The van der Waals surface area contributed by atoms with Crippen molar-refractivity contribution >= 4 is 27.6 Å². The highest BCUT2D eigenvalue weighted by Crippen LogP contribution is 2.16. The molecule has 0 spiro atoms. The highest BCUT2D eigenvalue weighted by atomic mass is 79.9. The molecule has 3 N–H and O–H groups in total. The van der Waals surface area contributed by atoms with Gasteiger partial charge in [-0.25, -0.2) is 4.98 Å². The minimum Gasteiger partial charge on any atom is -0.481 e. The minimum absolute atomic E-state index is 0.0844. The van der Waals surface area contributed by atoms with E-state index < -0.39 is 5.97 Å². The van der Waals surface area contributed by atoms with Crippen LogP contribution < -0.4 is 5.73 Å². The molecular formula is C7H7BrN2O2. The molecule has 4 nitrogen and oxygen atoms in total. The summed E-state index contributed by atoms with van der Waals surface area (Å²) in [6.45, 7) is 0. The van der Waals surface area contributed by atoms with E-state index in [1.54, 1.807) is 12.1 Å². The van der Waals surface area contributed by atoms with Crippen molar-refractivity contribution in [2.75, 3.05) is 5.73 Å². The zero-order valence-corrected chi connectivity index (χ0v) is 7.71. The Morgan fingerprint density at radius 3 is 2.83 bits per heavy atom. The van der Waals surface area contributed by atoms with Crippen molar-refractivity contribution in [3.8, 4) is 0 Å². The van der Waals surface area contributed by atoms with Gasteiger partial charge in [0.25, 0.3) is 0 Å². The van der Waals surface area contributed by atoms with Gasteiger partial charge in [0.1, 0.15) is 4.60 Å². The van der Waals surface area contributed by atoms with Crippen LogP contribution in [-0.2, 0) is 11.2 Å². The molecule has 0 saturated carbocycles. The molecule has 0 bridgehead atoms. The Bertz CT molecular complexity index is 314. The van der Waals surface area contributed by atoms with Crippen molar-refractivity contribution in [3.63, 3.8) is 0 Å². The van der Waals surface area contributed by atoms with E-state index >= 15 is 0 Å². The molecule has 0 aliphatic rings. The first-order chi connectivity index (χ1) is 5.59. The van der Waals surface area contributed by atoms with Crippen LogP contribution in [0.25, 0.3) is 0 Å². The first kappa shape index (κ1) is 8.99. The highest BCUT2D eigenvalue weighted by Gasteiger charge is 2.03. The number of aromatic nitrogens is 1. The molecule has 1 heterocycles. The average molecular weight is 231 g/mol. The van der Waals surface area contributed by atoms with Crippen molar-refractivity contribution in [1.82, 2.24) is 4.98 Å². The number of carbonyl (C=O) groups is 1. The number of pyridine rings is 1. The highest BCUT2D eigenvalue weighted by molar-refractivity contribution is 9.10. The smallest absolute Gasteiger partial charge is 0.309 e. The van der Waals surface area contributed by atoms with Gasteiger partial charge in [-0.05, 0) is 28.1 Å². The molecule has 0 aliphatic carbocycles. The second kappa shape index (κ2) is 3.53. The number of anilines is 1. The number of nitrogens with zero attached hydrogens (tertiary/aromatic N) is 1. The Hall–Kier alpha value is -1.10. The van der Waals surface area contributed by atoms with Gasteiger partial charge in [0.05, 0.1) is 17.8 Å². The first-order valence-corrected chi connectivity index (χ1v) is 4.01. The Morgan fingerprint density at radius 1 is 1.67 bits per heavy atom. The van der Waals surface area contributed by atoms with E-state index in [0.29, 0.717) is 16.0 Å². The monoisotopic (exact) mass is 230 g/mol. The number of nitrogen functional groups attached to an aromatic ring is 1. The summed E-state index contributed by atoms with van der Waals surface area (Å²) in [5, 5.41) is 8.44. The lowest BCUT2D eigenvalue weighted by atomic mass is 10.3. The first-order valence-electron chi connectivity index (χ1n) is 3.22. The lowest BCUT2D eigenvalue weighted by Crippen LogP contribution is -2.03. The molecule has 1 aromatic heterocycles. The van der Waals surface area contributed by atoms with E-state index in [0.717, 1.165) is 0 Å². The van der Waals surface area contributed by atoms with Crippen molar-refractivity contribution in [2.45, 2.75) is 6.42 Å². The van der Waals surface area contributed by atoms with Crippen LogP contribution in [0.5, 0.6) is 0 Å². The van der Waals surface area contributed by atoms with Crippen LogP contribution in [0.4, 0.5) is 5.69 Å². The molecule has 0 fully saturated rings. The quantitative estimate of drug-likeness (QED) is 0.746. The van der Waals surface area contributed by atoms with Crippen molar-refractivity contribution < 1.29 is 9.90 Å². The molecule has 1 rings (SSSR count). The Morgan fingerprint density at radius 2 is 2.33 bits per heavy atom. The number of rotatable bonds is 2. The fraction of sp³-hybridized carbons (Fsp3) is 0.143. The van der Waals surface area contributed by atoms with E-state index in [9.17, 15) is 4.79 Å². The van der Waals surface area contributed by atoms with Gasteiger partial charge in [0.15, 0.2) is 0 Å². The molecule has 0 saturated heterocycles. The fourth-order valence-corrected chi connectivity index (χ4v) is 1.10. The Balaban J connectivity index is 2.89. The number of aliphatic carboxylic acids is 1. The van der Waals surface area contributed by atoms with Gasteiger partial charge < -0.3 is 10.8 Å². The second-order valence-corrected chi connectivity index (χ2v) is 3.00. The molecule has 0 radical (unpaired) electrons. The van der Waals surface area contributed by atoms with Crippen LogP contribution >= 0.6 is 15.9 Å². The molecule has 5 heteroatoms. The molecule has 0 aliphatic heterocycles. The number of carboxylic acid groups (broad SMARTS) is 1. The van der Waals surface area contributed by atoms with Crippen molar-refractivity contribution in [3.05, 3.63) is 22.4 Å². The van der Waals surface area contributed by atoms with Gasteiger partial charge in [0, 0.05) is 0 Å². The SMILES string of the molecule is Nc1ccc(CC(=O)O)nc1Br. The molecule has 0 amide bonds. The third kappa shape index (κ3) is 2.20. The van der Waals surface area contributed by atoms with Gasteiger partial charge in [-0.3, -0.25) is 4.79 Å². The zero-order chi connectivity index (χ0) is 9.14. The third-order valence-corrected chi connectivity index (χ3v) is 1.90. The van der Waals surface area contributed by atoms with Crippen LogP contribution in [0.15, 0.2) is 16.7 Å². The van der Waals surface area contributed by atoms with Gasteiger partial charge in [0.2, 0.25) is 0 Å². The topological polar surface area (TPSA) is 76.2 Å². The molecule has 12 heavy (non-hydrogen) atoms. The number of hydrogen-bond donors (Lipinski definition) is 2. The predicted octanol–water partition coefficient (Wildman–Crippen LogP) is 1.05. The summed E-state index contributed by atoms with van der Waals surface area (Å²) in [6, 6.07) is 3.21. The summed E-state index contributed by atoms with van der Waals surface area (Å²) in [6.07, 6.45) is -0.0844. The fourth-order valence-electron chi connectivity index (χ4n) is 0.736. The number of nitrogens with two attached hydrogens (primary N) is 1. The lowest BCUT2D eigenvalue weighted by Gasteiger charge is -1.99. The van der Waals surface area contributed by atoms with Crippen molar-refractivity contribution in [2.24, 2.45) is 0 Å². The summed E-state index contributed by atoms with van der Waals surface area (Å²) < 4.78 is 0.487. The van der Waals surface area contributed by atoms with Gasteiger partial charge >= 0.3 is 5.97 Å². The largest absolute Gasteiger partial charge is 0.481 e. The van der Waals surface area contributed by atoms with Crippen LogP contribution in [0.2, 0.25) is 0 Å². The summed E-state index contributed by atoms with van der Waals surface area (Å²) in [4.78, 5) is 14.2. The maximum absolute atomic E-state index is 10.3. The van der Waals surface area contributed by atoms with Gasteiger partial charge in [-0.2, -0.15) is 0 Å². The van der Waals surface area contributed by atoms with E-state index in [1.807, 2.05) is 0 Å². The number of halogens is 1. The predicted molar refractivity (Wildman–Crippen MR) is 47.7 cm³/mol. The molecular weight excluding hydrogens is 224 g/mol. The third-order valence-electron chi connectivity index (χ3n) is 1.27. The summed E-state index contributed by atoms with van der Waals surface area (Å²) in [7, 11) is 0. The maximum atomic E-state index is 10.3. The standard InChI is InChI=1S/C7H7BrN2O2/c8-7-5(9)2-1-4(10-7)3-6(11)12/h1-2H,3,9H2,(H,11,12). The normalized spacial score (nSPS) is 9.75. The van der Waals surface area contributed by atoms with Crippen LogP contribution in [-0.4, -0.2) is 16.1 Å². The Labute approximate surface area is 77.5 Å². The van der Waals surface area contributed by atoms with Gasteiger partial charge in [-0.15, -0.1) is 0 Å². The molecule has 0 atom stereocenters. The van der Waals surface area contributed by atoms with Crippen LogP contribution in [0.3, 0.4) is 0 Å². The van der Waals surface area contributed by atoms with E-state index in [2.05, 4.69) is 20.9 Å². The van der Waals surface area contributed by atoms with E-state index in [-0.39, 0.29) is 6.42 Å². The summed E-state index contributed by atoms with van der Waals surface area (Å²) in [5.74, 6) is -0.904. The second-order valence-electron chi connectivity index (χ2n) is 2.25. The van der Waals surface area contributed by atoms with Crippen molar-refractivity contribution in [1.29, 1.82) is 0 Å². The van der Waals surface area contributed by atoms with Gasteiger partial charge in [-0.1, -0.05) is 0 Å². The number of hydrogen-bond acceptors (Lipinski definition) is 3. The van der Waals surface area contributed by atoms with Crippen LogP contribution in [0.1, 0.15) is 5.69 Å². The lowest BCUT2D eigenvalue weighted by molar-refractivity contribution is -0.136. The molecule has 0 unspecified atom stereocenters. The van der Waals surface area contributed by atoms with E-state index in [4.69, 9.17) is 10.8 Å². The average Bonchev–Trinajstić information content (AvgIpc) is 1.96. The summed E-state index contributed by atoms with van der Waals surface area (Å²) >= 11 is 3.11. The van der Waals surface area contributed by atoms with E-state index in [1.165, 1.54) is 0 Å². The minimum atomic E-state index is -0.904. The zero-order valence-electron chi connectivity index (χ0n) is 6.12.